The van der Waals surface area contributed by atoms with E-state index in [0.29, 0.717) is 23.4 Å². The van der Waals surface area contributed by atoms with Crippen LogP contribution in [0.25, 0.3) is 0 Å². The molecule has 0 bridgehead atoms. The number of ether oxygens (including phenoxy) is 1. The van der Waals surface area contributed by atoms with Crippen LogP contribution >= 0.6 is 0 Å². The summed E-state index contributed by atoms with van der Waals surface area (Å²) in [6, 6.07) is 4.82. The largest absolute Gasteiger partial charge is 0.495 e. The van der Waals surface area contributed by atoms with E-state index in [4.69, 9.17) is 4.74 Å². The van der Waals surface area contributed by atoms with Crippen LogP contribution in [0, 0.1) is 0 Å². The zero-order chi connectivity index (χ0) is 18.2. The van der Waals surface area contributed by atoms with Crippen LogP contribution in [0.5, 0.6) is 5.75 Å². The molecule has 0 spiro atoms. The molecule has 1 aromatic carbocycles. The molecule has 0 aliphatic carbocycles. The average Bonchev–Trinajstić information content (AvgIpc) is 3.15. The lowest BCUT2D eigenvalue weighted by atomic mass is 10.1. The van der Waals surface area contributed by atoms with Gasteiger partial charge in [0.25, 0.3) is 5.91 Å². The van der Waals surface area contributed by atoms with Crippen molar-refractivity contribution in [2.45, 2.75) is 38.6 Å². The van der Waals surface area contributed by atoms with Gasteiger partial charge in [-0.05, 0) is 43.9 Å². The van der Waals surface area contributed by atoms with E-state index in [1.807, 2.05) is 11.8 Å². The molecule has 1 heterocycles. The highest BCUT2D eigenvalue weighted by molar-refractivity contribution is 5.98. The zero-order valence-electron chi connectivity index (χ0n) is 15.0. The van der Waals surface area contributed by atoms with Crippen molar-refractivity contribution in [2.24, 2.45) is 0 Å². The number of nitrogens with zero attached hydrogens (tertiary/aromatic N) is 1. The number of carbonyl (C=O) groups excluding carboxylic acids is 2. The Balaban J connectivity index is 2.12. The molecule has 1 aliphatic heterocycles. The lowest BCUT2D eigenvalue weighted by Gasteiger charge is -2.19. The maximum atomic E-state index is 12.5. The second kappa shape index (κ2) is 9.11. The number of urea groups is 1. The smallest absolute Gasteiger partial charge is 0.319 e. The minimum absolute atomic E-state index is 0.0123. The summed E-state index contributed by atoms with van der Waals surface area (Å²) in [5, 5.41) is 5.69. The van der Waals surface area contributed by atoms with Crippen molar-refractivity contribution in [1.82, 2.24) is 10.2 Å². The van der Waals surface area contributed by atoms with Gasteiger partial charge in [0.2, 0.25) is 0 Å². The maximum absolute atomic E-state index is 12.5. The molecule has 2 N–H and O–H groups in total. The van der Waals surface area contributed by atoms with Crippen LogP contribution in [-0.4, -0.2) is 43.1 Å². The van der Waals surface area contributed by atoms with E-state index in [1.54, 1.807) is 24.3 Å². The minimum Gasteiger partial charge on any atom is -0.495 e. The van der Waals surface area contributed by atoms with Crippen molar-refractivity contribution in [2.75, 3.05) is 25.5 Å². The summed E-state index contributed by atoms with van der Waals surface area (Å²) in [6.07, 6.45) is 5.37. The molecule has 0 aromatic heterocycles. The van der Waals surface area contributed by atoms with Crippen LogP contribution < -0.4 is 15.4 Å². The first-order chi connectivity index (χ1) is 12.1. The van der Waals surface area contributed by atoms with Crippen molar-refractivity contribution >= 4 is 17.6 Å². The Morgan fingerprint density at radius 3 is 2.68 bits per heavy atom. The lowest BCUT2D eigenvalue weighted by Crippen LogP contribution is -2.37. The van der Waals surface area contributed by atoms with Gasteiger partial charge in [0.15, 0.2) is 0 Å². The molecule has 1 aromatic rings. The summed E-state index contributed by atoms with van der Waals surface area (Å²) < 4.78 is 5.30. The first-order valence-corrected chi connectivity index (χ1v) is 8.74. The van der Waals surface area contributed by atoms with Gasteiger partial charge in [-0.25, -0.2) is 4.79 Å². The number of rotatable bonds is 7. The molecule has 3 amide bonds. The third-order valence-electron chi connectivity index (χ3n) is 4.37. The van der Waals surface area contributed by atoms with Crippen molar-refractivity contribution in [1.29, 1.82) is 0 Å². The molecule has 1 saturated heterocycles. The number of hydrogen-bond acceptors (Lipinski definition) is 3. The standard InChI is InChI=1S/C19H27N3O3/c1-4-8-15(5-2)20-19(24)21-16-13-14(9-10-17(16)25-3)18(23)22-11-6-7-12-22/h4,9-10,13,15H,1,5-8,11-12H2,2-3H3,(H2,20,21,24)/t15-/m1/s1. The molecule has 0 saturated carbocycles. The fourth-order valence-corrected chi connectivity index (χ4v) is 2.91. The van der Waals surface area contributed by atoms with Gasteiger partial charge in [-0.2, -0.15) is 0 Å². The lowest BCUT2D eigenvalue weighted by molar-refractivity contribution is 0.0793. The van der Waals surface area contributed by atoms with Crippen molar-refractivity contribution in [3.63, 3.8) is 0 Å². The van der Waals surface area contributed by atoms with Crippen LogP contribution in [0.3, 0.4) is 0 Å². The minimum atomic E-state index is -0.322. The van der Waals surface area contributed by atoms with Crippen LogP contribution in [0.15, 0.2) is 30.9 Å². The number of amides is 3. The van der Waals surface area contributed by atoms with E-state index in [1.165, 1.54) is 7.11 Å². The summed E-state index contributed by atoms with van der Waals surface area (Å²) >= 11 is 0. The predicted molar refractivity (Wildman–Crippen MR) is 99.2 cm³/mol. The van der Waals surface area contributed by atoms with Gasteiger partial charge in [0.1, 0.15) is 5.75 Å². The zero-order valence-corrected chi connectivity index (χ0v) is 15.0. The van der Waals surface area contributed by atoms with E-state index >= 15 is 0 Å². The van der Waals surface area contributed by atoms with Gasteiger partial charge < -0.3 is 20.3 Å². The summed E-state index contributed by atoms with van der Waals surface area (Å²) in [6.45, 7) is 7.28. The third-order valence-corrected chi connectivity index (χ3v) is 4.37. The highest BCUT2D eigenvalue weighted by Crippen LogP contribution is 2.26. The van der Waals surface area contributed by atoms with Crippen LogP contribution in [0.1, 0.15) is 43.0 Å². The van der Waals surface area contributed by atoms with Gasteiger partial charge in [0.05, 0.1) is 12.8 Å². The summed E-state index contributed by atoms with van der Waals surface area (Å²) in [4.78, 5) is 26.6. The maximum Gasteiger partial charge on any atom is 0.319 e. The van der Waals surface area contributed by atoms with Gasteiger partial charge in [-0.15, -0.1) is 6.58 Å². The number of methoxy groups -OCH3 is 1. The monoisotopic (exact) mass is 345 g/mol. The Kier molecular flexibility index (Phi) is 6.86. The Morgan fingerprint density at radius 2 is 2.08 bits per heavy atom. The van der Waals surface area contributed by atoms with Gasteiger partial charge in [-0.3, -0.25) is 4.79 Å². The topological polar surface area (TPSA) is 70.7 Å². The first kappa shape index (κ1) is 18.8. The number of hydrogen-bond donors (Lipinski definition) is 2. The predicted octanol–water partition coefficient (Wildman–Crippen LogP) is 3.41. The summed E-state index contributed by atoms with van der Waals surface area (Å²) in [5.41, 5.74) is 1.04. The van der Waals surface area contributed by atoms with Gasteiger partial charge in [-0.1, -0.05) is 13.0 Å². The van der Waals surface area contributed by atoms with Crippen LogP contribution in [0.2, 0.25) is 0 Å². The van der Waals surface area contributed by atoms with Crippen molar-refractivity contribution in [3.05, 3.63) is 36.4 Å². The Bertz CT molecular complexity index is 624. The highest BCUT2D eigenvalue weighted by Gasteiger charge is 2.21. The average molecular weight is 345 g/mol. The number of nitrogens with one attached hydrogen (secondary N) is 2. The molecule has 0 radical (unpaired) electrons. The molecular weight excluding hydrogens is 318 g/mol. The molecular formula is C19H27N3O3. The molecule has 6 nitrogen and oxygen atoms in total. The third kappa shape index (κ3) is 4.98. The first-order valence-electron chi connectivity index (χ1n) is 8.74. The molecule has 2 rings (SSSR count). The Labute approximate surface area is 149 Å². The molecule has 1 atom stereocenters. The van der Waals surface area contributed by atoms with Crippen LogP contribution in [-0.2, 0) is 0 Å². The molecule has 0 unspecified atom stereocenters. The quantitative estimate of drug-likeness (QED) is 0.744. The van der Waals surface area contributed by atoms with E-state index in [-0.39, 0.29) is 18.0 Å². The fraction of sp³-hybridized carbons (Fsp3) is 0.474. The molecule has 1 aliphatic rings. The second-order valence-electron chi connectivity index (χ2n) is 6.14. The molecule has 136 valence electrons. The molecule has 1 fully saturated rings. The van der Waals surface area contributed by atoms with E-state index < -0.39 is 0 Å². The number of likely N-dealkylation sites (tertiary alicyclic amines) is 1. The second-order valence-corrected chi connectivity index (χ2v) is 6.14. The molecule has 6 heteroatoms. The summed E-state index contributed by atoms with van der Waals surface area (Å²) in [5.74, 6) is 0.506. The van der Waals surface area contributed by atoms with E-state index in [2.05, 4.69) is 17.2 Å². The number of carbonyl (C=O) groups is 2. The normalized spacial score (nSPS) is 14.7. The van der Waals surface area contributed by atoms with E-state index in [9.17, 15) is 9.59 Å². The summed E-state index contributed by atoms with van der Waals surface area (Å²) in [7, 11) is 1.53. The van der Waals surface area contributed by atoms with E-state index in [0.717, 1.165) is 32.4 Å². The fourth-order valence-electron chi connectivity index (χ4n) is 2.91. The van der Waals surface area contributed by atoms with Crippen molar-refractivity contribution < 1.29 is 14.3 Å². The Morgan fingerprint density at radius 1 is 1.36 bits per heavy atom. The molecule has 25 heavy (non-hydrogen) atoms. The van der Waals surface area contributed by atoms with Crippen molar-refractivity contribution in [3.8, 4) is 5.75 Å². The Hall–Kier alpha value is -2.50. The highest BCUT2D eigenvalue weighted by atomic mass is 16.5. The number of anilines is 1. The van der Waals surface area contributed by atoms with Crippen LogP contribution in [0.4, 0.5) is 10.5 Å². The number of benzene rings is 1. The SMILES string of the molecule is C=CC[C@@H](CC)NC(=O)Nc1cc(C(=O)N2CCCC2)ccc1OC. The van der Waals surface area contributed by atoms with Gasteiger partial charge >= 0.3 is 6.03 Å². The van der Waals surface area contributed by atoms with Gasteiger partial charge in [0, 0.05) is 24.7 Å².